The van der Waals surface area contributed by atoms with Crippen LogP contribution in [0.3, 0.4) is 0 Å². The number of hydrogen-bond acceptors (Lipinski definition) is 1. The summed E-state index contributed by atoms with van der Waals surface area (Å²) in [5.74, 6) is -2.50. The van der Waals surface area contributed by atoms with E-state index in [-0.39, 0.29) is 18.3 Å². The summed E-state index contributed by atoms with van der Waals surface area (Å²) in [5.41, 5.74) is 0.606. The highest BCUT2D eigenvalue weighted by Crippen LogP contribution is 2.53. The molecule has 0 amide bonds. The van der Waals surface area contributed by atoms with Crippen molar-refractivity contribution in [1.29, 1.82) is 0 Å². The smallest absolute Gasteiger partial charge is 0.250 e. The van der Waals surface area contributed by atoms with Crippen molar-refractivity contribution in [3.8, 4) is 0 Å². The van der Waals surface area contributed by atoms with Gasteiger partial charge in [-0.2, -0.15) is 0 Å². The minimum Gasteiger partial charge on any atom is -0.319 e. The molecule has 1 nitrogen and oxygen atoms in total. The molecule has 0 spiro atoms. The summed E-state index contributed by atoms with van der Waals surface area (Å²) in [6, 6.07) is 7.67. The molecule has 1 aromatic rings. The molecule has 2 rings (SSSR count). The Balaban J connectivity index is 2.24. The van der Waals surface area contributed by atoms with E-state index in [2.05, 4.69) is 21.2 Å². The Morgan fingerprint density at radius 2 is 1.81 bits per heavy atom. The van der Waals surface area contributed by atoms with E-state index in [0.29, 0.717) is 6.54 Å². The summed E-state index contributed by atoms with van der Waals surface area (Å²) in [6.45, 7) is 0.601. The van der Waals surface area contributed by atoms with Crippen LogP contribution in [0.15, 0.2) is 28.7 Å². The normalized spacial score (nSPS) is 21.5. The van der Waals surface area contributed by atoms with Gasteiger partial charge in [0.15, 0.2) is 0 Å². The van der Waals surface area contributed by atoms with E-state index < -0.39 is 5.92 Å². The minimum atomic E-state index is -2.50. The van der Waals surface area contributed by atoms with Gasteiger partial charge in [0.2, 0.25) is 5.92 Å². The van der Waals surface area contributed by atoms with Crippen LogP contribution in [-0.2, 0) is 5.41 Å². The molecular weight excluding hydrogens is 276 g/mol. The zero-order valence-electron chi connectivity index (χ0n) is 9.06. The minimum absolute atomic E-state index is 0.0531. The monoisotopic (exact) mass is 289 g/mol. The molecule has 1 fully saturated rings. The van der Waals surface area contributed by atoms with E-state index >= 15 is 0 Å². The Morgan fingerprint density at radius 1 is 1.25 bits per heavy atom. The lowest BCUT2D eigenvalue weighted by Gasteiger charge is -2.48. The van der Waals surface area contributed by atoms with Gasteiger partial charge < -0.3 is 5.32 Å². The summed E-state index contributed by atoms with van der Waals surface area (Å²) in [5, 5.41) is 3.02. The number of nitrogens with one attached hydrogen (secondary N) is 1. The Labute approximate surface area is 102 Å². The van der Waals surface area contributed by atoms with E-state index in [1.54, 1.807) is 7.05 Å². The lowest BCUT2D eigenvalue weighted by atomic mass is 9.62. The largest absolute Gasteiger partial charge is 0.319 e. The van der Waals surface area contributed by atoms with Crippen LogP contribution in [0.5, 0.6) is 0 Å². The van der Waals surface area contributed by atoms with E-state index in [4.69, 9.17) is 0 Å². The van der Waals surface area contributed by atoms with E-state index in [0.717, 1.165) is 10.0 Å². The molecule has 16 heavy (non-hydrogen) atoms. The van der Waals surface area contributed by atoms with Gasteiger partial charge in [0.25, 0.3) is 0 Å². The lowest BCUT2D eigenvalue weighted by Crippen LogP contribution is -2.54. The van der Waals surface area contributed by atoms with Crippen molar-refractivity contribution in [2.75, 3.05) is 13.6 Å². The standard InChI is InChI=1S/C12H14BrF2N/c1-16-8-11(6-12(14,15)7-11)9-2-4-10(13)5-3-9/h2-5,16H,6-8H2,1H3. The average molecular weight is 290 g/mol. The summed E-state index contributed by atoms with van der Waals surface area (Å²) in [4.78, 5) is 0. The molecule has 0 aliphatic heterocycles. The Morgan fingerprint density at radius 3 is 2.25 bits per heavy atom. The quantitative estimate of drug-likeness (QED) is 0.900. The zero-order chi connectivity index (χ0) is 11.8. The molecule has 88 valence electrons. The predicted octanol–water partition coefficient (Wildman–Crippen LogP) is 3.34. The zero-order valence-corrected chi connectivity index (χ0v) is 10.7. The summed E-state index contributed by atoms with van der Waals surface area (Å²) < 4.78 is 27.1. The molecule has 4 heteroatoms. The van der Waals surface area contributed by atoms with Gasteiger partial charge in [0, 0.05) is 29.3 Å². The Bertz CT molecular complexity index is 367. The molecule has 1 N–H and O–H groups in total. The fourth-order valence-corrected chi connectivity index (χ4v) is 2.78. The summed E-state index contributed by atoms with van der Waals surface area (Å²) in [7, 11) is 1.80. The summed E-state index contributed by atoms with van der Waals surface area (Å²) in [6.07, 6.45) is -0.106. The average Bonchev–Trinajstić information content (AvgIpc) is 2.16. The molecule has 1 aliphatic carbocycles. The van der Waals surface area contributed by atoms with Crippen LogP contribution >= 0.6 is 15.9 Å². The van der Waals surface area contributed by atoms with E-state index in [1.165, 1.54) is 0 Å². The number of alkyl halides is 2. The highest BCUT2D eigenvalue weighted by atomic mass is 79.9. The Kier molecular flexibility index (Phi) is 3.05. The molecular formula is C12H14BrF2N. The van der Waals surface area contributed by atoms with Crippen molar-refractivity contribution >= 4 is 15.9 Å². The number of likely N-dealkylation sites (N-methyl/N-ethyl adjacent to an activating group) is 1. The third kappa shape index (κ3) is 2.13. The van der Waals surface area contributed by atoms with E-state index in [1.807, 2.05) is 24.3 Å². The van der Waals surface area contributed by atoms with Gasteiger partial charge in [-0.1, -0.05) is 28.1 Å². The van der Waals surface area contributed by atoms with Crippen molar-refractivity contribution in [3.63, 3.8) is 0 Å². The molecule has 0 radical (unpaired) electrons. The number of rotatable bonds is 3. The molecule has 0 bridgehead atoms. The van der Waals surface area contributed by atoms with Crippen molar-refractivity contribution in [2.24, 2.45) is 0 Å². The lowest BCUT2D eigenvalue weighted by molar-refractivity contribution is -0.125. The highest BCUT2D eigenvalue weighted by Gasteiger charge is 2.56. The van der Waals surface area contributed by atoms with Crippen molar-refractivity contribution in [3.05, 3.63) is 34.3 Å². The fourth-order valence-electron chi connectivity index (χ4n) is 2.51. The first-order valence-electron chi connectivity index (χ1n) is 5.26. The van der Waals surface area contributed by atoms with Crippen molar-refractivity contribution in [1.82, 2.24) is 5.32 Å². The first kappa shape index (κ1) is 12.0. The molecule has 0 saturated heterocycles. The molecule has 1 aromatic carbocycles. The molecule has 0 heterocycles. The second-order valence-electron chi connectivity index (χ2n) is 4.53. The number of halogens is 3. The van der Waals surface area contributed by atoms with E-state index in [9.17, 15) is 8.78 Å². The first-order chi connectivity index (χ1) is 7.47. The molecule has 1 aliphatic rings. The van der Waals surface area contributed by atoms with Crippen LogP contribution in [0.2, 0.25) is 0 Å². The van der Waals surface area contributed by atoms with Crippen molar-refractivity contribution < 1.29 is 8.78 Å². The maximum absolute atomic E-state index is 13.1. The predicted molar refractivity (Wildman–Crippen MR) is 63.9 cm³/mol. The SMILES string of the molecule is CNCC1(c2ccc(Br)cc2)CC(F)(F)C1. The van der Waals surface area contributed by atoms with Crippen LogP contribution in [0, 0.1) is 0 Å². The van der Waals surface area contributed by atoms with Crippen LogP contribution < -0.4 is 5.32 Å². The summed E-state index contributed by atoms with van der Waals surface area (Å²) >= 11 is 3.35. The number of hydrogen-bond donors (Lipinski definition) is 1. The molecule has 0 atom stereocenters. The number of benzene rings is 1. The van der Waals surface area contributed by atoms with Gasteiger partial charge in [-0.25, -0.2) is 8.78 Å². The van der Waals surface area contributed by atoms with Gasteiger partial charge in [0.1, 0.15) is 0 Å². The maximum Gasteiger partial charge on any atom is 0.250 e. The topological polar surface area (TPSA) is 12.0 Å². The maximum atomic E-state index is 13.1. The second-order valence-corrected chi connectivity index (χ2v) is 5.44. The van der Waals surface area contributed by atoms with Crippen molar-refractivity contribution in [2.45, 2.75) is 24.2 Å². The van der Waals surface area contributed by atoms with Crippen LogP contribution in [0.25, 0.3) is 0 Å². The molecule has 0 aromatic heterocycles. The first-order valence-corrected chi connectivity index (χ1v) is 6.05. The van der Waals surface area contributed by atoms with Gasteiger partial charge in [-0.05, 0) is 24.7 Å². The van der Waals surface area contributed by atoms with Gasteiger partial charge in [-0.15, -0.1) is 0 Å². The highest BCUT2D eigenvalue weighted by molar-refractivity contribution is 9.10. The molecule has 1 saturated carbocycles. The third-order valence-corrected chi connectivity index (χ3v) is 3.69. The molecule has 0 unspecified atom stereocenters. The van der Waals surface area contributed by atoms with Crippen LogP contribution in [0.1, 0.15) is 18.4 Å². The van der Waals surface area contributed by atoms with Gasteiger partial charge in [0.05, 0.1) is 0 Å². The van der Waals surface area contributed by atoms with Crippen LogP contribution in [-0.4, -0.2) is 19.5 Å². The second kappa shape index (κ2) is 4.08. The van der Waals surface area contributed by atoms with Crippen LogP contribution in [0.4, 0.5) is 8.78 Å². The third-order valence-electron chi connectivity index (χ3n) is 3.17. The Hall–Kier alpha value is -0.480. The van der Waals surface area contributed by atoms with Gasteiger partial charge >= 0.3 is 0 Å². The van der Waals surface area contributed by atoms with Gasteiger partial charge in [-0.3, -0.25) is 0 Å². The fraction of sp³-hybridized carbons (Fsp3) is 0.500.